The van der Waals surface area contributed by atoms with Crippen molar-refractivity contribution in [2.45, 2.75) is 44.4 Å². The molecule has 4 heterocycles. The lowest BCUT2D eigenvalue weighted by Crippen LogP contribution is -2.48. The lowest BCUT2D eigenvalue weighted by molar-refractivity contribution is 0.0599. The van der Waals surface area contributed by atoms with Crippen LogP contribution in [0.5, 0.6) is 0 Å². The minimum absolute atomic E-state index is 0.0402. The summed E-state index contributed by atoms with van der Waals surface area (Å²) < 4.78 is 13.5. The van der Waals surface area contributed by atoms with Crippen LogP contribution in [-0.4, -0.2) is 70.7 Å². The van der Waals surface area contributed by atoms with Crippen LogP contribution in [0.3, 0.4) is 0 Å². The number of pyridine rings is 1. The van der Waals surface area contributed by atoms with E-state index in [1.165, 1.54) is 5.56 Å². The van der Waals surface area contributed by atoms with Crippen molar-refractivity contribution in [3.8, 4) is 0 Å². The maximum atomic E-state index is 13.5. The van der Waals surface area contributed by atoms with Crippen molar-refractivity contribution < 1.29 is 14.3 Å². The van der Waals surface area contributed by atoms with Crippen molar-refractivity contribution in [1.29, 1.82) is 0 Å². The minimum atomic E-state index is -0.293. The molecule has 2 saturated heterocycles. The van der Waals surface area contributed by atoms with Crippen molar-refractivity contribution in [1.82, 2.24) is 14.8 Å². The summed E-state index contributed by atoms with van der Waals surface area (Å²) in [4.78, 5) is 23.9. The number of rotatable bonds is 3. The first-order chi connectivity index (χ1) is 15.1. The highest BCUT2D eigenvalue weighted by Crippen LogP contribution is 2.26. The molecule has 1 aromatic heterocycles. The molecular weight excluding hydrogens is 395 g/mol. The van der Waals surface area contributed by atoms with E-state index in [-0.39, 0.29) is 17.8 Å². The van der Waals surface area contributed by atoms with Gasteiger partial charge in [-0.1, -0.05) is 6.07 Å². The Bertz CT molecular complexity index is 943. The van der Waals surface area contributed by atoms with Crippen molar-refractivity contribution in [2.75, 3.05) is 37.6 Å². The standard InChI is InChI=1S/C24H29FN4O2/c25-20-3-1-19-15-28(9-5-17(19)13-20)21-6-10-27(11-7-21)24(31)18-2-4-23(26-14-18)29-12-8-22(30)16-29/h1-4,13-14,21-22,30H,5-12,15-16H2. The number of anilines is 1. The molecule has 31 heavy (non-hydrogen) atoms. The normalized spacial score (nSPS) is 22.6. The zero-order valence-corrected chi connectivity index (χ0v) is 17.7. The molecule has 1 N–H and O–H groups in total. The number of benzene rings is 1. The molecule has 0 aliphatic carbocycles. The van der Waals surface area contributed by atoms with E-state index < -0.39 is 0 Å². The number of aromatic nitrogens is 1. The lowest BCUT2D eigenvalue weighted by atomic mass is 9.95. The summed E-state index contributed by atoms with van der Waals surface area (Å²) in [5.41, 5.74) is 2.97. The summed E-state index contributed by atoms with van der Waals surface area (Å²) in [5.74, 6) is 0.704. The molecule has 1 atom stereocenters. The largest absolute Gasteiger partial charge is 0.391 e. The van der Waals surface area contributed by atoms with Crippen LogP contribution in [0.2, 0.25) is 0 Å². The highest BCUT2D eigenvalue weighted by Gasteiger charge is 2.30. The quantitative estimate of drug-likeness (QED) is 0.820. The molecule has 1 aromatic carbocycles. The van der Waals surface area contributed by atoms with Crippen LogP contribution in [0.4, 0.5) is 10.2 Å². The number of likely N-dealkylation sites (tertiary alicyclic amines) is 1. The van der Waals surface area contributed by atoms with Gasteiger partial charge in [0.15, 0.2) is 0 Å². The molecule has 0 bridgehead atoms. The van der Waals surface area contributed by atoms with E-state index >= 15 is 0 Å². The summed E-state index contributed by atoms with van der Waals surface area (Å²) in [6.45, 7) is 4.71. The first-order valence-corrected chi connectivity index (χ1v) is 11.3. The summed E-state index contributed by atoms with van der Waals surface area (Å²) >= 11 is 0. The SMILES string of the molecule is O=C(c1ccc(N2CCC(O)C2)nc1)N1CCC(N2CCc3cc(F)ccc3C2)CC1. The number of carbonyl (C=O) groups is 1. The highest BCUT2D eigenvalue weighted by molar-refractivity contribution is 5.94. The molecule has 3 aliphatic rings. The maximum absolute atomic E-state index is 13.5. The van der Waals surface area contributed by atoms with Crippen LogP contribution in [0.15, 0.2) is 36.5 Å². The van der Waals surface area contributed by atoms with Crippen molar-refractivity contribution in [2.24, 2.45) is 0 Å². The average molecular weight is 425 g/mol. The van der Waals surface area contributed by atoms with E-state index in [2.05, 4.69) is 14.8 Å². The zero-order valence-electron chi connectivity index (χ0n) is 17.7. The molecule has 1 amide bonds. The fraction of sp³-hybridized carbons (Fsp3) is 0.500. The van der Waals surface area contributed by atoms with E-state index in [1.54, 1.807) is 18.3 Å². The Kier molecular flexibility index (Phi) is 5.63. The van der Waals surface area contributed by atoms with Gasteiger partial charge in [-0.2, -0.15) is 0 Å². The number of halogens is 1. The van der Waals surface area contributed by atoms with Gasteiger partial charge in [0.25, 0.3) is 5.91 Å². The Labute approximate surface area is 182 Å². The Morgan fingerprint density at radius 3 is 2.58 bits per heavy atom. The van der Waals surface area contributed by atoms with Crippen molar-refractivity contribution in [3.05, 3.63) is 59.0 Å². The van der Waals surface area contributed by atoms with Gasteiger partial charge in [-0.3, -0.25) is 9.69 Å². The third-order valence-electron chi connectivity index (χ3n) is 6.96. The molecule has 6 nitrogen and oxygen atoms in total. The summed E-state index contributed by atoms with van der Waals surface area (Å²) in [5, 5.41) is 9.70. The van der Waals surface area contributed by atoms with E-state index in [0.717, 1.165) is 69.8 Å². The van der Waals surface area contributed by atoms with Gasteiger partial charge in [0, 0.05) is 51.5 Å². The zero-order chi connectivity index (χ0) is 21.4. The van der Waals surface area contributed by atoms with E-state index in [4.69, 9.17) is 0 Å². The Hall–Kier alpha value is -2.51. The molecule has 7 heteroatoms. The molecule has 164 valence electrons. The first-order valence-electron chi connectivity index (χ1n) is 11.3. The number of amides is 1. The molecule has 3 aliphatic heterocycles. The number of aliphatic hydroxyl groups is 1. The average Bonchev–Trinajstić information content (AvgIpc) is 3.25. The summed E-state index contributed by atoms with van der Waals surface area (Å²) in [7, 11) is 0. The van der Waals surface area contributed by atoms with E-state index in [1.807, 2.05) is 23.1 Å². The second-order valence-electron chi connectivity index (χ2n) is 8.95. The number of hydrogen-bond donors (Lipinski definition) is 1. The van der Waals surface area contributed by atoms with Crippen LogP contribution in [0.1, 0.15) is 40.7 Å². The van der Waals surface area contributed by atoms with E-state index in [9.17, 15) is 14.3 Å². The Balaban J connectivity index is 1.16. The van der Waals surface area contributed by atoms with Gasteiger partial charge in [-0.05, 0) is 61.1 Å². The number of hydrogen-bond acceptors (Lipinski definition) is 5. The maximum Gasteiger partial charge on any atom is 0.255 e. The Morgan fingerprint density at radius 1 is 1.03 bits per heavy atom. The summed E-state index contributed by atoms with van der Waals surface area (Å²) in [6, 6.07) is 9.32. The Morgan fingerprint density at radius 2 is 1.87 bits per heavy atom. The highest BCUT2D eigenvalue weighted by atomic mass is 19.1. The minimum Gasteiger partial charge on any atom is -0.391 e. The van der Waals surface area contributed by atoms with Gasteiger partial charge >= 0.3 is 0 Å². The molecule has 0 saturated carbocycles. The fourth-order valence-corrected chi connectivity index (χ4v) is 5.12. The first kappa shape index (κ1) is 20.4. The molecule has 0 spiro atoms. The molecular formula is C24H29FN4O2. The van der Waals surface area contributed by atoms with Crippen LogP contribution >= 0.6 is 0 Å². The van der Waals surface area contributed by atoms with Crippen molar-refractivity contribution >= 4 is 11.7 Å². The summed E-state index contributed by atoms with van der Waals surface area (Å²) in [6.07, 6.45) is 4.93. The third-order valence-corrected chi connectivity index (χ3v) is 6.96. The third kappa shape index (κ3) is 4.29. The van der Waals surface area contributed by atoms with Gasteiger partial charge in [0.1, 0.15) is 11.6 Å². The second-order valence-corrected chi connectivity index (χ2v) is 8.95. The number of nitrogens with zero attached hydrogens (tertiary/aromatic N) is 4. The topological polar surface area (TPSA) is 59.9 Å². The molecule has 2 fully saturated rings. The van der Waals surface area contributed by atoms with Crippen LogP contribution in [0.25, 0.3) is 0 Å². The van der Waals surface area contributed by atoms with Gasteiger partial charge in [0.05, 0.1) is 11.7 Å². The predicted molar refractivity (Wildman–Crippen MR) is 117 cm³/mol. The fourth-order valence-electron chi connectivity index (χ4n) is 5.12. The van der Waals surface area contributed by atoms with Crippen LogP contribution in [0, 0.1) is 5.82 Å². The molecule has 5 rings (SSSR count). The predicted octanol–water partition coefficient (Wildman–Crippen LogP) is 2.45. The smallest absolute Gasteiger partial charge is 0.255 e. The molecule has 2 aromatic rings. The van der Waals surface area contributed by atoms with Gasteiger partial charge in [-0.15, -0.1) is 0 Å². The van der Waals surface area contributed by atoms with E-state index in [0.29, 0.717) is 18.2 Å². The van der Waals surface area contributed by atoms with Gasteiger partial charge < -0.3 is 14.9 Å². The number of piperidine rings is 1. The number of aliphatic hydroxyl groups excluding tert-OH is 1. The second kappa shape index (κ2) is 8.55. The van der Waals surface area contributed by atoms with Gasteiger partial charge in [0.2, 0.25) is 0 Å². The molecule has 0 radical (unpaired) electrons. The van der Waals surface area contributed by atoms with Gasteiger partial charge in [-0.25, -0.2) is 9.37 Å². The van der Waals surface area contributed by atoms with Crippen LogP contribution in [-0.2, 0) is 13.0 Å². The lowest BCUT2D eigenvalue weighted by Gasteiger charge is -2.40. The molecule has 1 unspecified atom stereocenters. The number of fused-ring (bicyclic) bond motifs is 1. The van der Waals surface area contributed by atoms with Crippen LogP contribution < -0.4 is 4.90 Å². The number of carbonyl (C=O) groups excluding carboxylic acids is 1. The van der Waals surface area contributed by atoms with Crippen molar-refractivity contribution in [3.63, 3.8) is 0 Å². The number of β-amino-alcohol motifs (C(OH)–C–C–N with tert-alkyl or cyclic N) is 1. The monoisotopic (exact) mass is 424 g/mol.